The van der Waals surface area contributed by atoms with Crippen molar-refractivity contribution < 1.29 is 0 Å². The Bertz CT molecular complexity index is 635. The van der Waals surface area contributed by atoms with Crippen LogP contribution in [0.15, 0.2) is 18.3 Å². The average molecular weight is 287 g/mol. The zero-order chi connectivity index (χ0) is 15.0. The second kappa shape index (κ2) is 5.30. The molecule has 2 aromatic heterocycles. The molecule has 0 radical (unpaired) electrons. The highest BCUT2D eigenvalue weighted by molar-refractivity contribution is 5.50. The van der Waals surface area contributed by atoms with Gasteiger partial charge >= 0.3 is 0 Å². The van der Waals surface area contributed by atoms with Crippen LogP contribution in [0.2, 0.25) is 0 Å². The van der Waals surface area contributed by atoms with Gasteiger partial charge in [-0.15, -0.1) is 0 Å². The summed E-state index contributed by atoms with van der Waals surface area (Å²) in [4.78, 5) is 9.37. The van der Waals surface area contributed by atoms with Crippen molar-refractivity contribution in [3.8, 4) is 0 Å². The second-order valence-corrected chi connectivity index (χ2v) is 6.71. The van der Waals surface area contributed by atoms with Crippen molar-refractivity contribution in [3.63, 3.8) is 0 Å². The van der Waals surface area contributed by atoms with E-state index in [1.54, 1.807) is 0 Å². The third kappa shape index (κ3) is 2.75. The summed E-state index contributed by atoms with van der Waals surface area (Å²) in [5.41, 5.74) is 2.40. The van der Waals surface area contributed by atoms with E-state index in [1.165, 1.54) is 13.0 Å². The van der Waals surface area contributed by atoms with Gasteiger partial charge in [-0.1, -0.05) is 13.8 Å². The van der Waals surface area contributed by atoms with Gasteiger partial charge in [-0.05, 0) is 31.8 Å². The standard InChI is InChI=1S/C16H25N5/c1-5-13-10-15(21-14(18-13)6-8-17-21)20(4)12-16(2)7-9-19(3)11-16/h6,8,10H,5,7,9,11-12H2,1-4H3/t16-/m0/s1. The lowest BCUT2D eigenvalue weighted by Gasteiger charge is -2.31. The molecule has 5 heteroatoms. The van der Waals surface area contributed by atoms with Crippen LogP contribution in [0.5, 0.6) is 0 Å². The molecule has 3 rings (SSSR count). The normalized spacial score (nSPS) is 23.0. The van der Waals surface area contributed by atoms with Crippen LogP contribution in [-0.4, -0.2) is 53.2 Å². The molecule has 0 spiro atoms. The lowest BCUT2D eigenvalue weighted by molar-refractivity contribution is 0.314. The zero-order valence-corrected chi connectivity index (χ0v) is 13.5. The summed E-state index contributed by atoms with van der Waals surface area (Å²) in [5, 5.41) is 4.43. The average Bonchev–Trinajstić information content (AvgIpc) is 3.03. The van der Waals surface area contributed by atoms with Gasteiger partial charge in [-0.3, -0.25) is 0 Å². The molecule has 0 N–H and O–H groups in total. The number of nitrogens with zero attached hydrogens (tertiary/aromatic N) is 5. The van der Waals surface area contributed by atoms with Crippen molar-refractivity contribution in [3.05, 3.63) is 24.0 Å². The summed E-state index contributed by atoms with van der Waals surface area (Å²) in [6, 6.07) is 4.14. The highest BCUT2D eigenvalue weighted by atomic mass is 15.3. The van der Waals surface area contributed by atoms with Crippen molar-refractivity contribution in [1.82, 2.24) is 19.5 Å². The smallest absolute Gasteiger partial charge is 0.157 e. The summed E-state index contributed by atoms with van der Waals surface area (Å²) in [7, 11) is 4.37. The van der Waals surface area contributed by atoms with Gasteiger partial charge in [0, 0.05) is 38.0 Å². The maximum atomic E-state index is 4.62. The Kier molecular flexibility index (Phi) is 3.61. The number of aryl methyl sites for hydroxylation is 1. The zero-order valence-electron chi connectivity index (χ0n) is 13.5. The van der Waals surface area contributed by atoms with Crippen molar-refractivity contribution in [1.29, 1.82) is 0 Å². The summed E-state index contributed by atoms with van der Waals surface area (Å²) in [6.45, 7) is 7.92. The molecule has 1 aliphatic heterocycles. The number of fused-ring (bicyclic) bond motifs is 1. The van der Waals surface area contributed by atoms with E-state index in [2.05, 4.69) is 53.9 Å². The number of hydrogen-bond donors (Lipinski definition) is 0. The van der Waals surface area contributed by atoms with Gasteiger partial charge in [0.05, 0.1) is 6.20 Å². The van der Waals surface area contributed by atoms with Gasteiger partial charge < -0.3 is 9.80 Å². The van der Waals surface area contributed by atoms with Gasteiger partial charge in [-0.25, -0.2) is 4.98 Å². The van der Waals surface area contributed by atoms with Crippen molar-refractivity contribution in [2.24, 2.45) is 5.41 Å². The monoisotopic (exact) mass is 287 g/mol. The Morgan fingerprint density at radius 2 is 2.24 bits per heavy atom. The number of likely N-dealkylation sites (tertiary alicyclic amines) is 1. The minimum atomic E-state index is 0.346. The maximum absolute atomic E-state index is 4.62. The molecule has 2 aromatic rings. The lowest BCUT2D eigenvalue weighted by Crippen LogP contribution is -2.36. The van der Waals surface area contributed by atoms with Crippen LogP contribution in [0, 0.1) is 5.41 Å². The van der Waals surface area contributed by atoms with Crippen LogP contribution in [0.4, 0.5) is 5.82 Å². The van der Waals surface area contributed by atoms with Gasteiger partial charge in [0.2, 0.25) is 0 Å². The summed E-state index contributed by atoms with van der Waals surface area (Å²) in [5.74, 6) is 1.14. The highest BCUT2D eigenvalue weighted by Crippen LogP contribution is 2.31. The van der Waals surface area contributed by atoms with Crippen molar-refractivity contribution in [2.45, 2.75) is 26.7 Å². The van der Waals surface area contributed by atoms with E-state index in [1.807, 2.05) is 16.8 Å². The molecule has 1 aliphatic rings. The molecule has 114 valence electrons. The fourth-order valence-electron chi connectivity index (χ4n) is 3.45. The number of anilines is 1. The van der Waals surface area contributed by atoms with Crippen molar-refractivity contribution >= 4 is 11.5 Å². The van der Waals surface area contributed by atoms with E-state index < -0.39 is 0 Å². The molecule has 0 aliphatic carbocycles. The first-order chi connectivity index (χ1) is 10.0. The van der Waals surface area contributed by atoms with E-state index >= 15 is 0 Å². The molecule has 1 fully saturated rings. The third-order valence-electron chi connectivity index (χ3n) is 4.51. The molecule has 3 heterocycles. The van der Waals surface area contributed by atoms with E-state index in [-0.39, 0.29) is 0 Å². The number of aromatic nitrogens is 3. The van der Waals surface area contributed by atoms with Gasteiger partial charge in [0.25, 0.3) is 0 Å². The van der Waals surface area contributed by atoms with Crippen LogP contribution in [0.1, 0.15) is 26.0 Å². The SMILES string of the molecule is CCc1cc(N(C)C[C@@]2(C)CCN(C)C2)n2nccc2n1. The summed E-state index contributed by atoms with van der Waals surface area (Å²) in [6.07, 6.45) is 4.02. The molecule has 21 heavy (non-hydrogen) atoms. The van der Waals surface area contributed by atoms with E-state index in [0.717, 1.165) is 36.7 Å². The largest absolute Gasteiger partial charge is 0.359 e. The highest BCUT2D eigenvalue weighted by Gasteiger charge is 2.33. The molecule has 0 saturated carbocycles. The van der Waals surface area contributed by atoms with Crippen LogP contribution in [0.25, 0.3) is 5.65 Å². The molecule has 0 unspecified atom stereocenters. The van der Waals surface area contributed by atoms with E-state index in [9.17, 15) is 0 Å². The van der Waals surface area contributed by atoms with Gasteiger partial charge in [0.15, 0.2) is 5.65 Å². The fourth-order valence-corrected chi connectivity index (χ4v) is 3.45. The van der Waals surface area contributed by atoms with Gasteiger partial charge in [-0.2, -0.15) is 9.61 Å². The molecule has 0 aromatic carbocycles. The number of hydrogen-bond acceptors (Lipinski definition) is 4. The second-order valence-electron chi connectivity index (χ2n) is 6.71. The molecule has 0 bridgehead atoms. The Balaban J connectivity index is 1.90. The van der Waals surface area contributed by atoms with E-state index in [0.29, 0.717) is 5.41 Å². The molecular formula is C16H25N5. The lowest BCUT2D eigenvalue weighted by atomic mass is 9.89. The molecule has 5 nitrogen and oxygen atoms in total. The Morgan fingerprint density at radius 1 is 1.43 bits per heavy atom. The predicted octanol–water partition coefficient (Wildman–Crippen LogP) is 2.07. The predicted molar refractivity (Wildman–Crippen MR) is 85.9 cm³/mol. The van der Waals surface area contributed by atoms with Crippen LogP contribution in [-0.2, 0) is 6.42 Å². The van der Waals surface area contributed by atoms with Crippen molar-refractivity contribution in [2.75, 3.05) is 38.6 Å². The molecule has 1 saturated heterocycles. The Morgan fingerprint density at radius 3 is 2.90 bits per heavy atom. The quantitative estimate of drug-likeness (QED) is 0.862. The van der Waals surface area contributed by atoms with Gasteiger partial charge in [0.1, 0.15) is 5.82 Å². The number of rotatable bonds is 4. The van der Waals surface area contributed by atoms with E-state index in [4.69, 9.17) is 0 Å². The fraction of sp³-hybridized carbons (Fsp3) is 0.625. The first-order valence-electron chi connectivity index (χ1n) is 7.74. The molecule has 1 atom stereocenters. The third-order valence-corrected chi connectivity index (χ3v) is 4.51. The first kappa shape index (κ1) is 14.3. The minimum absolute atomic E-state index is 0.346. The molecule has 0 amide bonds. The first-order valence-corrected chi connectivity index (χ1v) is 7.74. The summed E-state index contributed by atoms with van der Waals surface area (Å²) >= 11 is 0. The van der Waals surface area contributed by atoms with Crippen LogP contribution < -0.4 is 4.90 Å². The maximum Gasteiger partial charge on any atom is 0.157 e. The van der Waals surface area contributed by atoms with Crippen LogP contribution in [0.3, 0.4) is 0 Å². The Labute approximate surface area is 126 Å². The summed E-state index contributed by atoms with van der Waals surface area (Å²) < 4.78 is 1.95. The minimum Gasteiger partial charge on any atom is -0.359 e. The topological polar surface area (TPSA) is 36.7 Å². The Hall–Kier alpha value is -1.62. The molecular weight excluding hydrogens is 262 g/mol. The van der Waals surface area contributed by atoms with Crippen LogP contribution >= 0.6 is 0 Å².